The number of aryl methyl sites for hydroxylation is 1. The first-order valence-electron chi connectivity index (χ1n) is 3.76. The Kier molecular flexibility index (Phi) is 1.64. The summed E-state index contributed by atoms with van der Waals surface area (Å²) in [5, 5.41) is 4.72. The van der Waals surface area contributed by atoms with Gasteiger partial charge < -0.3 is 0 Å². The molecule has 12 heavy (non-hydrogen) atoms. The Balaban J connectivity index is 2.80. The van der Waals surface area contributed by atoms with E-state index in [1.807, 2.05) is 6.07 Å². The summed E-state index contributed by atoms with van der Waals surface area (Å²) in [6.07, 6.45) is 5.30. The van der Waals surface area contributed by atoms with Crippen molar-refractivity contribution in [2.75, 3.05) is 0 Å². The van der Waals surface area contributed by atoms with E-state index in [4.69, 9.17) is 6.42 Å². The second kappa shape index (κ2) is 2.66. The summed E-state index contributed by atoms with van der Waals surface area (Å²) < 4.78 is 0. The molecule has 1 heterocycles. The van der Waals surface area contributed by atoms with Crippen molar-refractivity contribution in [3.8, 4) is 12.3 Å². The van der Waals surface area contributed by atoms with Crippen molar-refractivity contribution in [3.63, 3.8) is 0 Å². The van der Waals surface area contributed by atoms with Gasteiger partial charge in [-0.25, -0.2) is 0 Å². The van der Waals surface area contributed by atoms with Crippen molar-refractivity contribution in [1.29, 1.82) is 0 Å². The molecule has 1 heteroatoms. The van der Waals surface area contributed by atoms with E-state index < -0.39 is 0 Å². The summed E-state index contributed by atoms with van der Waals surface area (Å²) in [5.74, 6) is 2.63. The van der Waals surface area contributed by atoms with Crippen LogP contribution in [-0.4, -0.2) is 0 Å². The third kappa shape index (κ3) is 1.01. The monoisotopic (exact) mass is 172 g/mol. The van der Waals surface area contributed by atoms with Crippen molar-refractivity contribution in [2.45, 2.75) is 6.92 Å². The van der Waals surface area contributed by atoms with Gasteiger partial charge in [0.2, 0.25) is 0 Å². The minimum atomic E-state index is 0.959. The molecule has 0 aliphatic carbocycles. The Morgan fingerprint density at radius 1 is 1.42 bits per heavy atom. The predicted molar refractivity (Wildman–Crippen MR) is 54.5 cm³/mol. The van der Waals surface area contributed by atoms with Gasteiger partial charge in [-0.1, -0.05) is 12.0 Å². The molecule has 0 amide bonds. The van der Waals surface area contributed by atoms with E-state index in [0.717, 1.165) is 5.56 Å². The van der Waals surface area contributed by atoms with E-state index in [1.54, 1.807) is 11.3 Å². The van der Waals surface area contributed by atoms with Crippen LogP contribution >= 0.6 is 11.3 Å². The van der Waals surface area contributed by atoms with Crippen molar-refractivity contribution < 1.29 is 0 Å². The van der Waals surface area contributed by atoms with Crippen molar-refractivity contribution in [2.24, 2.45) is 0 Å². The van der Waals surface area contributed by atoms with Crippen LogP contribution in [0.4, 0.5) is 0 Å². The number of terminal acetylenes is 1. The van der Waals surface area contributed by atoms with E-state index in [2.05, 4.69) is 30.4 Å². The third-order valence-corrected chi connectivity index (χ3v) is 2.91. The topological polar surface area (TPSA) is 0 Å². The summed E-state index contributed by atoms with van der Waals surface area (Å²) in [7, 11) is 0. The summed E-state index contributed by atoms with van der Waals surface area (Å²) in [4.78, 5) is 1.36. The zero-order valence-electron chi connectivity index (χ0n) is 6.79. The molecule has 0 aliphatic rings. The smallest absolute Gasteiger partial charge is 0.0249 e. The number of rotatable bonds is 0. The molecular weight excluding hydrogens is 164 g/mol. The van der Waals surface area contributed by atoms with Gasteiger partial charge in [0.25, 0.3) is 0 Å². The largest absolute Gasteiger partial charge is 0.148 e. The summed E-state index contributed by atoms with van der Waals surface area (Å²) in [6, 6.07) is 6.14. The summed E-state index contributed by atoms with van der Waals surface area (Å²) in [6.45, 7) is 2.13. The number of hydrogen-bond donors (Lipinski definition) is 0. The van der Waals surface area contributed by atoms with Gasteiger partial charge in [0.1, 0.15) is 0 Å². The maximum Gasteiger partial charge on any atom is 0.0249 e. The zero-order chi connectivity index (χ0) is 8.55. The lowest BCUT2D eigenvalue weighted by atomic mass is 10.1. The van der Waals surface area contributed by atoms with Crippen LogP contribution in [-0.2, 0) is 0 Å². The van der Waals surface area contributed by atoms with Gasteiger partial charge in [-0.05, 0) is 35.2 Å². The highest BCUT2D eigenvalue weighted by Gasteiger charge is 1.98. The number of fused-ring (bicyclic) bond motifs is 1. The van der Waals surface area contributed by atoms with Gasteiger partial charge >= 0.3 is 0 Å². The van der Waals surface area contributed by atoms with Gasteiger partial charge in [-0.3, -0.25) is 0 Å². The van der Waals surface area contributed by atoms with E-state index in [1.165, 1.54) is 15.6 Å². The van der Waals surface area contributed by atoms with Gasteiger partial charge in [0, 0.05) is 10.4 Å². The van der Waals surface area contributed by atoms with Crippen molar-refractivity contribution >= 4 is 22.1 Å². The van der Waals surface area contributed by atoms with Crippen LogP contribution < -0.4 is 0 Å². The quantitative estimate of drug-likeness (QED) is 0.535. The van der Waals surface area contributed by atoms with Gasteiger partial charge in [0.05, 0.1) is 0 Å². The minimum Gasteiger partial charge on any atom is -0.148 e. The number of hydrogen-bond acceptors (Lipinski definition) is 1. The molecule has 0 aliphatic heterocycles. The Morgan fingerprint density at radius 3 is 3.00 bits per heavy atom. The molecule has 0 spiro atoms. The van der Waals surface area contributed by atoms with E-state index >= 15 is 0 Å². The predicted octanol–water partition coefficient (Wildman–Crippen LogP) is 3.19. The first-order chi connectivity index (χ1) is 5.81. The van der Waals surface area contributed by atoms with Gasteiger partial charge in [0.15, 0.2) is 0 Å². The highest BCUT2D eigenvalue weighted by Crippen LogP contribution is 2.25. The lowest BCUT2D eigenvalue weighted by Gasteiger charge is -1.92. The lowest BCUT2D eigenvalue weighted by Crippen LogP contribution is -1.72. The molecule has 0 atom stereocenters. The molecule has 1 aromatic carbocycles. The van der Waals surface area contributed by atoms with Crippen LogP contribution in [0.1, 0.15) is 10.4 Å². The van der Waals surface area contributed by atoms with Gasteiger partial charge in [-0.15, -0.1) is 17.8 Å². The second-order valence-corrected chi connectivity index (χ2v) is 3.82. The number of benzene rings is 1. The molecule has 0 bridgehead atoms. The maximum absolute atomic E-state index is 5.30. The highest BCUT2D eigenvalue weighted by atomic mass is 32.1. The molecule has 0 saturated heterocycles. The van der Waals surface area contributed by atoms with Crippen LogP contribution in [0.3, 0.4) is 0 Å². The molecule has 58 valence electrons. The van der Waals surface area contributed by atoms with Crippen LogP contribution in [0.15, 0.2) is 23.6 Å². The SMILES string of the molecule is C#Cc1ccc2c(C)scc2c1. The summed E-state index contributed by atoms with van der Waals surface area (Å²) >= 11 is 1.77. The zero-order valence-corrected chi connectivity index (χ0v) is 7.61. The average molecular weight is 172 g/mol. The molecule has 0 saturated carbocycles. The Labute approximate surface area is 75.8 Å². The van der Waals surface area contributed by atoms with Crippen LogP contribution in [0.2, 0.25) is 0 Å². The fourth-order valence-electron chi connectivity index (χ4n) is 1.29. The normalized spacial score (nSPS) is 10.0. The van der Waals surface area contributed by atoms with Crippen molar-refractivity contribution in [1.82, 2.24) is 0 Å². The molecule has 0 unspecified atom stereocenters. The van der Waals surface area contributed by atoms with Crippen LogP contribution in [0.5, 0.6) is 0 Å². The Bertz CT molecular complexity index is 457. The van der Waals surface area contributed by atoms with Crippen molar-refractivity contribution in [3.05, 3.63) is 34.0 Å². The molecule has 0 radical (unpaired) electrons. The standard InChI is InChI=1S/C11H8S/c1-3-9-4-5-11-8(2)12-7-10(11)6-9/h1,4-7H,2H3. The molecule has 0 fully saturated rings. The first-order valence-corrected chi connectivity index (χ1v) is 4.63. The Hall–Kier alpha value is -1.26. The fourth-order valence-corrected chi connectivity index (χ4v) is 2.10. The molecular formula is C11H8S. The summed E-state index contributed by atoms with van der Waals surface area (Å²) in [5.41, 5.74) is 0.959. The number of thiophene rings is 1. The molecule has 2 rings (SSSR count). The second-order valence-electron chi connectivity index (χ2n) is 2.74. The molecule has 0 N–H and O–H groups in total. The van der Waals surface area contributed by atoms with Crippen LogP contribution in [0, 0.1) is 19.3 Å². The molecule has 1 aromatic heterocycles. The fraction of sp³-hybridized carbons (Fsp3) is 0.0909. The molecule has 0 nitrogen and oxygen atoms in total. The lowest BCUT2D eigenvalue weighted by molar-refractivity contribution is 1.66. The van der Waals surface area contributed by atoms with E-state index in [0.29, 0.717) is 0 Å². The third-order valence-electron chi connectivity index (χ3n) is 1.96. The minimum absolute atomic E-state index is 0.959. The Morgan fingerprint density at radius 2 is 2.25 bits per heavy atom. The average Bonchev–Trinajstić information content (AvgIpc) is 2.47. The van der Waals surface area contributed by atoms with Crippen LogP contribution in [0.25, 0.3) is 10.8 Å². The highest BCUT2D eigenvalue weighted by molar-refractivity contribution is 7.11. The van der Waals surface area contributed by atoms with E-state index in [-0.39, 0.29) is 0 Å². The van der Waals surface area contributed by atoms with E-state index in [9.17, 15) is 0 Å². The van der Waals surface area contributed by atoms with Gasteiger partial charge in [-0.2, -0.15) is 0 Å². The molecule has 2 aromatic rings. The maximum atomic E-state index is 5.30. The first kappa shape index (κ1) is 7.39.